The van der Waals surface area contributed by atoms with E-state index < -0.39 is 0 Å². The highest BCUT2D eigenvalue weighted by atomic mass is 16.5. The standard InChI is InChI=1S/C7H7N.C6H13NO/c1-3-7-4-2-6(1)5-8-7;1-8-5-6-3-2-4-7-6/h1-4,8H,5H2;6-7H,2-5H2,1H3/t;6-/m.0/s1. The summed E-state index contributed by atoms with van der Waals surface area (Å²) < 4.78 is 4.96. The molecule has 1 fully saturated rings. The molecule has 0 radical (unpaired) electrons. The van der Waals surface area contributed by atoms with Gasteiger partial charge in [-0.1, -0.05) is 12.1 Å². The first-order valence-electron chi connectivity index (χ1n) is 5.93. The van der Waals surface area contributed by atoms with Gasteiger partial charge in [-0.25, -0.2) is 0 Å². The van der Waals surface area contributed by atoms with Crippen molar-refractivity contribution in [3.8, 4) is 0 Å². The van der Waals surface area contributed by atoms with Gasteiger partial charge >= 0.3 is 0 Å². The van der Waals surface area contributed by atoms with Crippen molar-refractivity contribution in [3.05, 3.63) is 29.8 Å². The molecule has 0 saturated carbocycles. The molecule has 0 amide bonds. The van der Waals surface area contributed by atoms with Gasteiger partial charge < -0.3 is 15.4 Å². The molecule has 0 unspecified atom stereocenters. The predicted octanol–water partition coefficient (Wildman–Crippen LogP) is 2.00. The van der Waals surface area contributed by atoms with Gasteiger partial charge in [0.25, 0.3) is 0 Å². The van der Waals surface area contributed by atoms with Crippen LogP contribution in [0, 0.1) is 0 Å². The number of hydrogen-bond acceptors (Lipinski definition) is 3. The molecule has 0 aromatic heterocycles. The molecule has 0 spiro atoms. The van der Waals surface area contributed by atoms with Crippen molar-refractivity contribution in [1.82, 2.24) is 5.32 Å². The second-order valence-corrected chi connectivity index (χ2v) is 4.30. The van der Waals surface area contributed by atoms with Crippen molar-refractivity contribution in [2.45, 2.75) is 25.4 Å². The Hall–Kier alpha value is -1.06. The lowest BCUT2D eigenvalue weighted by Gasteiger charge is -2.12. The van der Waals surface area contributed by atoms with Crippen molar-refractivity contribution in [2.24, 2.45) is 0 Å². The Bertz CT molecular complexity index is 281. The molecule has 16 heavy (non-hydrogen) atoms. The Kier molecular flexibility index (Phi) is 4.19. The summed E-state index contributed by atoms with van der Waals surface area (Å²) in [5.74, 6) is 0. The van der Waals surface area contributed by atoms with Crippen LogP contribution < -0.4 is 10.6 Å². The molecule has 3 nitrogen and oxygen atoms in total. The number of rotatable bonds is 2. The number of benzene rings is 1. The highest BCUT2D eigenvalue weighted by molar-refractivity contribution is 5.49. The summed E-state index contributed by atoms with van der Waals surface area (Å²) in [5, 5.41) is 6.56. The highest BCUT2D eigenvalue weighted by Crippen LogP contribution is 2.15. The Labute approximate surface area is 97.2 Å². The summed E-state index contributed by atoms with van der Waals surface area (Å²) in [6, 6.07) is 9.12. The lowest BCUT2D eigenvalue weighted by molar-refractivity contribution is 0.173. The van der Waals surface area contributed by atoms with E-state index in [1.807, 2.05) is 0 Å². The first kappa shape index (κ1) is 11.4. The predicted molar refractivity (Wildman–Crippen MR) is 66.7 cm³/mol. The third-order valence-electron chi connectivity index (χ3n) is 2.98. The van der Waals surface area contributed by atoms with Gasteiger partial charge in [0.2, 0.25) is 0 Å². The summed E-state index contributed by atoms with van der Waals surface area (Å²) in [6.07, 6.45) is 2.60. The fraction of sp³-hybridized carbons (Fsp3) is 0.538. The van der Waals surface area contributed by atoms with Crippen LogP contribution in [0.5, 0.6) is 0 Å². The van der Waals surface area contributed by atoms with E-state index in [0.29, 0.717) is 6.04 Å². The van der Waals surface area contributed by atoms with E-state index in [2.05, 4.69) is 34.9 Å². The summed E-state index contributed by atoms with van der Waals surface area (Å²) in [4.78, 5) is 0. The zero-order valence-electron chi connectivity index (χ0n) is 9.83. The molecular formula is C13H20N2O. The molecule has 3 heterocycles. The average molecular weight is 220 g/mol. The smallest absolute Gasteiger partial charge is 0.0615 e. The van der Waals surface area contributed by atoms with E-state index in [1.165, 1.54) is 30.6 Å². The number of ether oxygens (including phenoxy) is 1. The van der Waals surface area contributed by atoms with Crippen LogP contribution >= 0.6 is 0 Å². The fourth-order valence-electron chi connectivity index (χ4n) is 2.04. The number of fused-ring (bicyclic) bond motifs is 3. The maximum absolute atomic E-state index is 4.96. The molecule has 1 aromatic carbocycles. The van der Waals surface area contributed by atoms with E-state index in [1.54, 1.807) is 7.11 Å². The van der Waals surface area contributed by atoms with Crippen LogP contribution in [0.2, 0.25) is 0 Å². The zero-order valence-corrected chi connectivity index (χ0v) is 9.83. The fourth-order valence-corrected chi connectivity index (χ4v) is 2.04. The van der Waals surface area contributed by atoms with Gasteiger partial charge in [-0.05, 0) is 37.1 Å². The minimum absolute atomic E-state index is 0.639. The third kappa shape index (κ3) is 3.22. The van der Waals surface area contributed by atoms with Crippen LogP contribution in [0.15, 0.2) is 24.3 Å². The normalized spacial score (nSPS) is 21.2. The molecular weight excluding hydrogens is 200 g/mol. The zero-order chi connectivity index (χ0) is 11.2. The number of hydrogen-bond donors (Lipinski definition) is 2. The maximum Gasteiger partial charge on any atom is 0.0615 e. The van der Waals surface area contributed by atoms with Gasteiger partial charge in [-0.15, -0.1) is 0 Å². The topological polar surface area (TPSA) is 33.3 Å². The van der Waals surface area contributed by atoms with Crippen LogP contribution in [-0.4, -0.2) is 26.3 Å². The van der Waals surface area contributed by atoms with Gasteiger partial charge in [-0.2, -0.15) is 0 Å². The molecule has 3 heteroatoms. The quantitative estimate of drug-likeness (QED) is 0.799. The van der Waals surface area contributed by atoms with Crippen LogP contribution in [-0.2, 0) is 11.3 Å². The number of methoxy groups -OCH3 is 1. The molecule has 2 bridgehead atoms. The van der Waals surface area contributed by atoms with Crippen LogP contribution in [0.4, 0.5) is 5.69 Å². The van der Waals surface area contributed by atoms with Crippen molar-refractivity contribution in [1.29, 1.82) is 0 Å². The molecule has 3 aliphatic heterocycles. The van der Waals surface area contributed by atoms with E-state index in [0.717, 1.165) is 13.2 Å². The Balaban J connectivity index is 0.000000120. The Morgan fingerprint density at radius 1 is 1.31 bits per heavy atom. The van der Waals surface area contributed by atoms with Crippen molar-refractivity contribution in [3.63, 3.8) is 0 Å². The van der Waals surface area contributed by atoms with Gasteiger partial charge in [0.05, 0.1) is 6.61 Å². The molecule has 1 aromatic rings. The molecule has 0 aliphatic carbocycles. The van der Waals surface area contributed by atoms with Crippen molar-refractivity contribution in [2.75, 3.05) is 25.6 Å². The molecule has 4 rings (SSSR count). The van der Waals surface area contributed by atoms with Crippen molar-refractivity contribution >= 4 is 5.69 Å². The van der Waals surface area contributed by atoms with E-state index in [4.69, 9.17) is 4.74 Å². The van der Waals surface area contributed by atoms with Crippen LogP contribution in [0.25, 0.3) is 0 Å². The van der Waals surface area contributed by atoms with E-state index in [-0.39, 0.29) is 0 Å². The molecule has 2 N–H and O–H groups in total. The van der Waals surface area contributed by atoms with Crippen molar-refractivity contribution < 1.29 is 4.74 Å². The third-order valence-corrected chi connectivity index (χ3v) is 2.98. The van der Waals surface area contributed by atoms with Gasteiger partial charge in [-0.3, -0.25) is 0 Å². The minimum Gasteiger partial charge on any atom is -0.383 e. The molecule has 88 valence electrons. The second-order valence-electron chi connectivity index (χ2n) is 4.30. The highest BCUT2D eigenvalue weighted by Gasteiger charge is 2.12. The SMILES string of the molecule is COC[C@@H]1CCCN1.c1cc2ccc1CN2. The second kappa shape index (κ2) is 5.87. The average Bonchev–Trinajstić information content (AvgIpc) is 2.86. The summed E-state index contributed by atoms with van der Waals surface area (Å²) in [7, 11) is 1.75. The first-order chi connectivity index (χ1) is 7.88. The largest absolute Gasteiger partial charge is 0.383 e. The van der Waals surface area contributed by atoms with Crippen LogP contribution in [0.3, 0.4) is 0 Å². The molecule has 3 aliphatic rings. The number of nitrogens with one attached hydrogen (secondary N) is 2. The molecule has 1 atom stereocenters. The summed E-state index contributed by atoms with van der Waals surface area (Å²) in [5.41, 5.74) is 2.61. The Morgan fingerprint density at radius 3 is 2.44 bits per heavy atom. The summed E-state index contributed by atoms with van der Waals surface area (Å²) >= 11 is 0. The Morgan fingerprint density at radius 2 is 2.12 bits per heavy atom. The maximum atomic E-state index is 4.96. The summed E-state index contributed by atoms with van der Waals surface area (Å²) in [6.45, 7) is 3.07. The number of anilines is 1. The lowest BCUT2D eigenvalue weighted by Crippen LogP contribution is -2.25. The van der Waals surface area contributed by atoms with Crippen LogP contribution in [0.1, 0.15) is 18.4 Å². The van der Waals surface area contributed by atoms with Gasteiger partial charge in [0.15, 0.2) is 0 Å². The van der Waals surface area contributed by atoms with Gasteiger partial charge in [0.1, 0.15) is 0 Å². The lowest BCUT2D eigenvalue weighted by atomic mass is 10.1. The molecule has 1 saturated heterocycles. The van der Waals surface area contributed by atoms with E-state index in [9.17, 15) is 0 Å². The van der Waals surface area contributed by atoms with Gasteiger partial charge in [0, 0.05) is 25.4 Å². The first-order valence-corrected chi connectivity index (χ1v) is 5.93. The van der Waals surface area contributed by atoms with E-state index >= 15 is 0 Å². The minimum atomic E-state index is 0.639. The monoisotopic (exact) mass is 220 g/mol.